The smallest absolute Gasteiger partial charge is 0.495 e. The molecule has 1 aliphatic rings. The second kappa shape index (κ2) is 6.71. The zero-order valence-corrected chi connectivity index (χ0v) is 17.6. The maximum Gasteiger partial charge on any atom is 0.495 e. The average Bonchev–Trinajstić information content (AvgIpc) is 2.89. The van der Waals surface area contributed by atoms with Crippen molar-refractivity contribution in [3.63, 3.8) is 0 Å². The van der Waals surface area contributed by atoms with Crippen molar-refractivity contribution in [2.45, 2.75) is 45.8 Å². The van der Waals surface area contributed by atoms with Gasteiger partial charge in [-0.3, -0.25) is 9.36 Å². The first kappa shape index (κ1) is 19.7. The van der Waals surface area contributed by atoms with Gasteiger partial charge in [0.05, 0.1) is 34.9 Å². The summed E-state index contributed by atoms with van der Waals surface area (Å²) in [4.78, 5) is 17.6. The zero-order valence-electron chi connectivity index (χ0n) is 17.6. The minimum absolute atomic E-state index is 0.150. The Balaban J connectivity index is 1.83. The van der Waals surface area contributed by atoms with E-state index in [9.17, 15) is 4.79 Å². The molecule has 1 saturated heterocycles. The molecule has 0 bridgehead atoms. The number of rotatable bonds is 3. The highest BCUT2D eigenvalue weighted by atomic mass is 16.7. The third-order valence-corrected chi connectivity index (χ3v) is 6.08. The van der Waals surface area contributed by atoms with Gasteiger partial charge in [-0.05, 0) is 69.9 Å². The van der Waals surface area contributed by atoms with Gasteiger partial charge >= 0.3 is 7.12 Å². The van der Waals surface area contributed by atoms with Crippen LogP contribution in [0.2, 0.25) is 0 Å². The normalized spacial score (nSPS) is 17.7. The lowest BCUT2D eigenvalue weighted by molar-refractivity contribution is 0.00578. The van der Waals surface area contributed by atoms with Crippen LogP contribution in [0, 0.1) is 6.92 Å². The molecule has 3 aromatic rings. The predicted octanol–water partition coefficient (Wildman–Crippen LogP) is 3.00. The summed E-state index contributed by atoms with van der Waals surface area (Å²) in [5, 5.41) is 0.507. The van der Waals surface area contributed by atoms with Crippen molar-refractivity contribution in [3.05, 3.63) is 58.6 Å². The van der Waals surface area contributed by atoms with Crippen LogP contribution < -0.4 is 15.8 Å². The van der Waals surface area contributed by atoms with Gasteiger partial charge in [0.15, 0.2) is 0 Å². The van der Waals surface area contributed by atoms with Crippen molar-refractivity contribution < 1.29 is 14.0 Å². The fourth-order valence-corrected chi connectivity index (χ4v) is 3.53. The number of aromatic nitrogens is 2. The number of benzene rings is 2. The van der Waals surface area contributed by atoms with Crippen LogP contribution in [0.1, 0.15) is 33.3 Å². The Bertz CT molecular complexity index is 1140. The van der Waals surface area contributed by atoms with Gasteiger partial charge in [-0.25, -0.2) is 4.98 Å². The molecule has 0 unspecified atom stereocenters. The molecule has 0 amide bonds. The minimum atomic E-state index is -0.496. The van der Waals surface area contributed by atoms with Crippen LogP contribution in [0.3, 0.4) is 0 Å². The second-order valence-electron chi connectivity index (χ2n) is 8.38. The van der Waals surface area contributed by atoms with E-state index in [-0.39, 0.29) is 5.56 Å². The van der Waals surface area contributed by atoms with Gasteiger partial charge in [0.25, 0.3) is 5.56 Å². The van der Waals surface area contributed by atoms with E-state index in [0.717, 1.165) is 16.7 Å². The summed E-state index contributed by atoms with van der Waals surface area (Å²) >= 11 is 0. The second-order valence-corrected chi connectivity index (χ2v) is 8.38. The molecule has 2 aromatic carbocycles. The van der Waals surface area contributed by atoms with Gasteiger partial charge in [-0.1, -0.05) is 12.1 Å². The first-order valence-corrected chi connectivity index (χ1v) is 9.65. The van der Waals surface area contributed by atoms with Crippen LogP contribution in [0.5, 0.6) is 5.75 Å². The molecule has 0 spiro atoms. The van der Waals surface area contributed by atoms with Crippen LogP contribution in [-0.2, 0) is 9.31 Å². The summed E-state index contributed by atoms with van der Waals surface area (Å²) in [7, 11) is 1.08. The van der Waals surface area contributed by atoms with Crippen LogP contribution >= 0.6 is 0 Å². The van der Waals surface area contributed by atoms with Crippen molar-refractivity contribution in [1.29, 1.82) is 0 Å². The number of hydrogen-bond acceptors (Lipinski definition) is 5. The Kier molecular flexibility index (Phi) is 4.55. The molecule has 6 nitrogen and oxygen atoms in total. The fraction of sp³-hybridized carbons (Fsp3) is 0.364. The molecule has 0 atom stereocenters. The summed E-state index contributed by atoms with van der Waals surface area (Å²) in [5.41, 5.74) is 2.18. The molecule has 4 rings (SSSR count). The maximum atomic E-state index is 13.2. The molecule has 0 N–H and O–H groups in total. The predicted molar refractivity (Wildman–Crippen MR) is 114 cm³/mol. The molecule has 0 aliphatic carbocycles. The van der Waals surface area contributed by atoms with Crippen LogP contribution in [0.15, 0.2) is 47.5 Å². The monoisotopic (exact) mass is 392 g/mol. The molecular weight excluding hydrogens is 367 g/mol. The third kappa shape index (κ3) is 3.14. The third-order valence-electron chi connectivity index (χ3n) is 6.08. The molecule has 0 saturated carbocycles. The van der Waals surface area contributed by atoms with E-state index in [1.54, 1.807) is 36.2 Å². The highest BCUT2D eigenvalue weighted by Gasteiger charge is 2.52. The lowest BCUT2D eigenvalue weighted by Gasteiger charge is -2.32. The minimum Gasteiger partial charge on any atom is -0.497 e. The van der Waals surface area contributed by atoms with Crippen LogP contribution in [-0.4, -0.2) is 35.0 Å². The summed E-state index contributed by atoms with van der Waals surface area (Å²) in [6, 6.07) is 11.1. The maximum absolute atomic E-state index is 13.2. The molecular formula is C22H25BN2O4. The van der Waals surface area contributed by atoms with Crippen molar-refractivity contribution in [2.75, 3.05) is 7.11 Å². The molecule has 7 heteroatoms. The Morgan fingerprint density at radius 3 is 2.41 bits per heavy atom. The van der Waals surface area contributed by atoms with E-state index >= 15 is 0 Å². The van der Waals surface area contributed by atoms with Crippen molar-refractivity contribution >= 4 is 23.5 Å². The van der Waals surface area contributed by atoms with E-state index in [1.807, 2.05) is 52.8 Å². The highest BCUT2D eigenvalue weighted by molar-refractivity contribution is 6.62. The summed E-state index contributed by atoms with van der Waals surface area (Å²) < 4.78 is 19.2. The van der Waals surface area contributed by atoms with Crippen LogP contribution in [0.4, 0.5) is 0 Å². The first-order chi connectivity index (χ1) is 13.6. The van der Waals surface area contributed by atoms with Gasteiger partial charge in [0.1, 0.15) is 12.1 Å². The molecule has 29 heavy (non-hydrogen) atoms. The zero-order chi connectivity index (χ0) is 21.0. The fourth-order valence-electron chi connectivity index (χ4n) is 3.53. The lowest BCUT2D eigenvalue weighted by atomic mass is 9.76. The molecule has 150 valence electrons. The largest absolute Gasteiger partial charge is 0.497 e. The molecule has 1 aromatic heterocycles. The Hall–Kier alpha value is -2.64. The number of hydrogen-bond donors (Lipinski definition) is 0. The highest BCUT2D eigenvalue weighted by Crippen LogP contribution is 2.36. The lowest BCUT2D eigenvalue weighted by Crippen LogP contribution is -2.41. The summed E-state index contributed by atoms with van der Waals surface area (Å²) in [5.74, 6) is 0.622. The topological polar surface area (TPSA) is 62.6 Å². The van der Waals surface area contributed by atoms with E-state index in [0.29, 0.717) is 16.7 Å². The summed E-state index contributed by atoms with van der Waals surface area (Å²) in [6.07, 6.45) is 1.56. The van der Waals surface area contributed by atoms with E-state index in [4.69, 9.17) is 14.0 Å². The Labute approximate surface area is 170 Å². The van der Waals surface area contributed by atoms with Gasteiger partial charge in [0.2, 0.25) is 0 Å². The van der Waals surface area contributed by atoms with Gasteiger partial charge in [-0.2, -0.15) is 0 Å². The Morgan fingerprint density at radius 2 is 1.76 bits per heavy atom. The average molecular weight is 392 g/mol. The van der Waals surface area contributed by atoms with E-state index in [2.05, 4.69) is 4.98 Å². The quantitative estimate of drug-likeness (QED) is 0.642. The van der Waals surface area contributed by atoms with Crippen molar-refractivity contribution in [1.82, 2.24) is 9.55 Å². The number of methoxy groups -OCH3 is 1. The number of nitrogens with zero attached hydrogens (tertiary/aromatic N) is 2. The number of ether oxygens (including phenoxy) is 1. The van der Waals surface area contributed by atoms with Gasteiger partial charge < -0.3 is 14.0 Å². The van der Waals surface area contributed by atoms with Gasteiger partial charge in [0, 0.05) is 0 Å². The van der Waals surface area contributed by atoms with Crippen molar-refractivity contribution in [2.24, 2.45) is 0 Å². The van der Waals surface area contributed by atoms with E-state index < -0.39 is 18.3 Å². The standard InChI is InChI=1S/C22H25BN2O4/c1-14-17(23-28-21(2,3)22(4,5)29-23)8-7-9-19(14)25-13-24-18-11-10-15(27-6)12-16(18)20(25)26/h7-13H,1-6H3. The molecule has 1 fully saturated rings. The molecule has 2 heterocycles. The van der Waals surface area contributed by atoms with E-state index in [1.165, 1.54) is 0 Å². The Morgan fingerprint density at radius 1 is 1.07 bits per heavy atom. The number of fused-ring (bicyclic) bond motifs is 1. The van der Waals surface area contributed by atoms with Crippen molar-refractivity contribution in [3.8, 4) is 11.4 Å². The SMILES string of the molecule is COc1ccc2ncn(-c3cccc(B4OC(C)(C)C(C)(C)O4)c3C)c(=O)c2c1. The first-order valence-electron chi connectivity index (χ1n) is 9.65. The summed E-state index contributed by atoms with van der Waals surface area (Å²) in [6.45, 7) is 10.1. The molecule has 0 radical (unpaired) electrons. The molecule has 1 aliphatic heterocycles. The van der Waals surface area contributed by atoms with Gasteiger partial charge in [-0.15, -0.1) is 0 Å². The van der Waals surface area contributed by atoms with Crippen LogP contribution in [0.25, 0.3) is 16.6 Å².